The summed E-state index contributed by atoms with van der Waals surface area (Å²) in [6, 6.07) is 9.22. The maximum Gasteiger partial charge on any atom is 0.340 e. The number of carbonyl (C=O) groups excluding carboxylic acids is 2. The monoisotopic (exact) mass is 286 g/mol. The van der Waals surface area contributed by atoms with E-state index < -0.39 is 11.9 Å². The van der Waals surface area contributed by atoms with Crippen molar-refractivity contribution in [2.24, 2.45) is 0 Å². The fourth-order valence-corrected chi connectivity index (χ4v) is 1.73. The van der Waals surface area contributed by atoms with Crippen LogP contribution in [0.4, 0.5) is 5.69 Å². The molecule has 6 heteroatoms. The van der Waals surface area contributed by atoms with E-state index in [9.17, 15) is 14.4 Å². The van der Waals surface area contributed by atoms with Crippen molar-refractivity contribution < 1.29 is 14.3 Å². The van der Waals surface area contributed by atoms with Crippen LogP contribution in [-0.4, -0.2) is 23.5 Å². The van der Waals surface area contributed by atoms with E-state index >= 15 is 0 Å². The summed E-state index contributed by atoms with van der Waals surface area (Å²) in [4.78, 5) is 37.3. The zero-order chi connectivity index (χ0) is 15.2. The van der Waals surface area contributed by atoms with Crippen LogP contribution >= 0.6 is 0 Å². The summed E-state index contributed by atoms with van der Waals surface area (Å²) in [7, 11) is 0. The van der Waals surface area contributed by atoms with Crippen LogP contribution in [0.3, 0.4) is 0 Å². The van der Waals surface area contributed by atoms with Gasteiger partial charge in [-0.2, -0.15) is 0 Å². The fraction of sp³-hybridized carbons (Fsp3) is 0.133. The number of nitrogens with one attached hydrogen (secondary N) is 2. The lowest BCUT2D eigenvalue weighted by Crippen LogP contribution is -2.17. The Balaban J connectivity index is 2.23. The molecule has 0 aliphatic carbocycles. The SMILES string of the molecule is CCOC(=O)c1ccccc1NC(=O)c1ccc(=O)[nH]c1. The minimum atomic E-state index is -0.505. The molecule has 0 fully saturated rings. The van der Waals surface area contributed by atoms with Crippen LogP contribution in [0.25, 0.3) is 0 Å². The van der Waals surface area contributed by atoms with Gasteiger partial charge in [0.25, 0.3) is 5.91 Å². The second kappa shape index (κ2) is 6.51. The molecule has 1 aromatic carbocycles. The third kappa shape index (κ3) is 3.56. The Morgan fingerprint density at radius 3 is 2.62 bits per heavy atom. The first-order chi connectivity index (χ1) is 10.1. The molecule has 0 saturated carbocycles. The fourth-order valence-electron chi connectivity index (χ4n) is 1.73. The van der Waals surface area contributed by atoms with Crippen LogP contribution in [-0.2, 0) is 4.74 Å². The van der Waals surface area contributed by atoms with Crippen LogP contribution in [0, 0.1) is 0 Å². The Bertz CT molecular complexity index is 701. The molecule has 0 aliphatic heterocycles. The normalized spacial score (nSPS) is 9.95. The molecular weight excluding hydrogens is 272 g/mol. The van der Waals surface area contributed by atoms with E-state index in [-0.39, 0.29) is 23.3 Å². The number of rotatable bonds is 4. The first-order valence-electron chi connectivity index (χ1n) is 6.38. The molecule has 0 aliphatic rings. The van der Waals surface area contributed by atoms with E-state index in [0.29, 0.717) is 5.69 Å². The molecular formula is C15H14N2O4. The number of pyridine rings is 1. The summed E-state index contributed by atoms with van der Waals surface area (Å²) in [5.41, 5.74) is 0.621. The van der Waals surface area contributed by atoms with Gasteiger partial charge < -0.3 is 15.0 Å². The molecule has 0 radical (unpaired) electrons. The zero-order valence-electron chi connectivity index (χ0n) is 11.4. The van der Waals surface area contributed by atoms with E-state index in [4.69, 9.17) is 4.74 Å². The molecule has 2 aromatic rings. The lowest BCUT2D eigenvalue weighted by Gasteiger charge is -2.10. The Labute approximate surface area is 120 Å². The zero-order valence-corrected chi connectivity index (χ0v) is 11.4. The Hall–Kier alpha value is -2.89. The summed E-state index contributed by atoms with van der Waals surface area (Å²) in [6.07, 6.45) is 1.31. The summed E-state index contributed by atoms with van der Waals surface area (Å²) in [6.45, 7) is 1.96. The number of anilines is 1. The number of H-pyrrole nitrogens is 1. The first-order valence-corrected chi connectivity index (χ1v) is 6.38. The van der Waals surface area contributed by atoms with Gasteiger partial charge in [0.1, 0.15) is 0 Å². The molecule has 21 heavy (non-hydrogen) atoms. The topological polar surface area (TPSA) is 88.3 Å². The predicted octanol–water partition coefficient (Wildman–Crippen LogP) is 1.80. The molecule has 2 N–H and O–H groups in total. The van der Waals surface area contributed by atoms with Crippen molar-refractivity contribution in [1.29, 1.82) is 0 Å². The summed E-state index contributed by atoms with van der Waals surface area (Å²) < 4.78 is 4.93. The molecule has 1 aromatic heterocycles. The minimum Gasteiger partial charge on any atom is -0.462 e. The second-order valence-electron chi connectivity index (χ2n) is 4.16. The Morgan fingerprint density at radius 2 is 1.95 bits per heavy atom. The standard InChI is InChI=1S/C15H14N2O4/c1-2-21-15(20)11-5-3-4-6-12(11)17-14(19)10-7-8-13(18)16-9-10/h3-9H,2H2,1H3,(H,16,18)(H,17,19). The van der Waals surface area contributed by atoms with Crippen LogP contribution < -0.4 is 10.9 Å². The molecule has 0 saturated heterocycles. The average Bonchev–Trinajstić information content (AvgIpc) is 2.48. The molecule has 0 atom stereocenters. The van der Waals surface area contributed by atoms with Gasteiger partial charge in [-0.05, 0) is 25.1 Å². The third-order valence-corrected chi connectivity index (χ3v) is 2.72. The quantitative estimate of drug-likeness (QED) is 0.839. The minimum absolute atomic E-state index is 0.251. The average molecular weight is 286 g/mol. The molecule has 6 nitrogen and oxygen atoms in total. The Morgan fingerprint density at radius 1 is 1.19 bits per heavy atom. The molecule has 2 rings (SSSR count). The van der Waals surface area contributed by atoms with E-state index in [0.717, 1.165) is 0 Å². The van der Waals surface area contributed by atoms with Gasteiger partial charge in [0.05, 0.1) is 23.4 Å². The van der Waals surface area contributed by atoms with Crippen molar-refractivity contribution in [2.45, 2.75) is 6.92 Å². The number of amides is 1. The highest BCUT2D eigenvalue weighted by Crippen LogP contribution is 2.17. The van der Waals surface area contributed by atoms with Gasteiger partial charge in [-0.1, -0.05) is 12.1 Å². The van der Waals surface area contributed by atoms with Crippen molar-refractivity contribution in [3.8, 4) is 0 Å². The van der Waals surface area contributed by atoms with Gasteiger partial charge in [-0.3, -0.25) is 9.59 Å². The number of benzene rings is 1. The Kier molecular flexibility index (Phi) is 4.50. The number of aromatic amines is 1. The maximum atomic E-state index is 12.1. The lowest BCUT2D eigenvalue weighted by atomic mass is 10.1. The van der Waals surface area contributed by atoms with Crippen molar-refractivity contribution in [2.75, 3.05) is 11.9 Å². The number of para-hydroxylation sites is 1. The van der Waals surface area contributed by atoms with Gasteiger partial charge in [-0.25, -0.2) is 4.79 Å². The van der Waals surface area contributed by atoms with Gasteiger partial charge >= 0.3 is 5.97 Å². The van der Waals surface area contributed by atoms with Gasteiger partial charge in [-0.15, -0.1) is 0 Å². The van der Waals surface area contributed by atoms with Crippen molar-refractivity contribution in [1.82, 2.24) is 4.98 Å². The number of hydrogen-bond acceptors (Lipinski definition) is 4. The summed E-state index contributed by atoms with van der Waals surface area (Å²) >= 11 is 0. The van der Waals surface area contributed by atoms with E-state index in [1.807, 2.05) is 0 Å². The number of aromatic nitrogens is 1. The molecule has 0 bridgehead atoms. The van der Waals surface area contributed by atoms with Crippen molar-refractivity contribution in [3.63, 3.8) is 0 Å². The van der Waals surface area contributed by atoms with Gasteiger partial charge in [0, 0.05) is 12.3 Å². The van der Waals surface area contributed by atoms with Gasteiger partial charge in [0.15, 0.2) is 0 Å². The second-order valence-corrected chi connectivity index (χ2v) is 4.16. The predicted molar refractivity (Wildman–Crippen MR) is 77.4 cm³/mol. The lowest BCUT2D eigenvalue weighted by molar-refractivity contribution is 0.0527. The van der Waals surface area contributed by atoms with Crippen LogP contribution in [0.1, 0.15) is 27.6 Å². The first kappa shape index (κ1) is 14.5. The van der Waals surface area contributed by atoms with Crippen LogP contribution in [0.2, 0.25) is 0 Å². The van der Waals surface area contributed by atoms with Crippen LogP contribution in [0.15, 0.2) is 47.4 Å². The number of ether oxygens (including phenoxy) is 1. The van der Waals surface area contributed by atoms with Crippen molar-refractivity contribution >= 4 is 17.6 Å². The summed E-state index contributed by atoms with van der Waals surface area (Å²) in [5, 5.41) is 2.62. The van der Waals surface area contributed by atoms with E-state index in [1.165, 1.54) is 18.3 Å². The largest absolute Gasteiger partial charge is 0.462 e. The van der Waals surface area contributed by atoms with Crippen molar-refractivity contribution in [3.05, 3.63) is 64.1 Å². The highest BCUT2D eigenvalue weighted by molar-refractivity contribution is 6.07. The number of hydrogen-bond donors (Lipinski definition) is 2. The molecule has 108 valence electrons. The van der Waals surface area contributed by atoms with E-state index in [1.54, 1.807) is 31.2 Å². The number of esters is 1. The molecule has 0 unspecified atom stereocenters. The van der Waals surface area contributed by atoms with Gasteiger partial charge in [0.2, 0.25) is 5.56 Å². The highest BCUT2D eigenvalue weighted by Gasteiger charge is 2.14. The summed E-state index contributed by atoms with van der Waals surface area (Å²) in [5.74, 6) is -0.933. The molecule has 0 spiro atoms. The highest BCUT2D eigenvalue weighted by atomic mass is 16.5. The molecule has 1 heterocycles. The van der Waals surface area contributed by atoms with E-state index in [2.05, 4.69) is 10.3 Å². The third-order valence-electron chi connectivity index (χ3n) is 2.72. The maximum absolute atomic E-state index is 12.1. The smallest absolute Gasteiger partial charge is 0.340 e. The number of carbonyl (C=O) groups is 2. The molecule has 1 amide bonds. The van der Waals surface area contributed by atoms with Crippen LogP contribution in [0.5, 0.6) is 0 Å².